The Morgan fingerprint density at radius 2 is 1.74 bits per heavy atom. The number of methoxy groups -OCH3 is 2. The lowest BCUT2D eigenvalue weighted by Gasteiger charge is -2.42. The smallest absolute Gasteiger partial charge is 0.230 e. The van der Waals surface area contributed by atoms with Crippen LogP contribution in [-0.4, -0.2) is 69.1 Å². The third-order valence-electron chi connectivity index (χ3n) is 7.29. The number of aryl methyl sites for hydroxylation is 1. The van der Waals surface area contributed by atoms with E-state index in [0.717, 1.165) is 55.0 Å². The van der Waals surface area contributed by atoms with Gasteiger partial charge in [0.2, 0.25) is 5.91 Å². The quantitative estimate of drug-likeness (QED) is 0.384. The number of carbonyl (C=O) groups excluding carboxylic acids is 1. The minimum absolute atomic E-state index is 0.0629. The molecule has 2 fully saturated rings. The Kier molecular flexibility index (Phi) is 9.70. The molecule has 0 spiro atoms. The first-order chi connectivity index (χ1) is 18.3. The number of rotatable bonds is 13. The van der Waals surface area contributed by atoms with Crippen molar-refractivity contribution in [3.63, 3.8) is 0 Å². The van der Waals surface area contributed by atoms with Crippen molar-refractivity contribution >= 4 is 5.91 Å². The molecule has 9 heteroatoms. The van der Waals surface area contributed by atoms with E-state index in [2.05, 4.69) is 11.4 Å². The number of ether oxygens (including phenoxy) is 3. The van der Waals surface area contributed by atoms with E-state index in [1.165, 1.54) is 0 Å². The molecule has 2 aliphatic rings. The summed E-state index contributed by atoms with van der Waals surface area (Å²) in [5.74, 6) is -1.94. The summed E-state index contributed by atoms with van der Waals surface area (Å²) in [5.41, 5.74) is 0.437. The molecule has 0 aromatic heterocycles. The summed E-state index contributed by atoms with van der Waals surface area (Å²) in [6.45, 7) is 2.53. The van der Waals surface area contributed by atoms with Crippen molar-refractivity contribution in [2.24, 2.45) is 5.92 Å². The van der Waals surface area contributed by atoms with E-state index in [1.807, 2.05) is 17.0 Å². The van der Waals surface area contributed by atoms with Crippen LogP contribution >= 0.6 is 0 Å². The van der Waals surface area contributed by atoms with Gasteiger partial charge in [-0.25, -0.2) is 8.78 Å². The maximum atomic E-state index is 14.1. The number of nitrogens with one attached hydrogen (secondary N) is 1. The molecule has 0 radical (unpaired) electrons. The average molecular weight is 533 g/mol. The van der Waals surface area contributed by atoms with Crippen molar-refractivity contribution < 1.29 is 32.9 Å². The van der Waals surface area contributed by atoms with E-state index < -0.39 is 23.2 Å². The number of hydrogen-bond donors (Lipinski definition) is 2. The molecule has 1 heterocycles. The summed E-state index contributed by atoms with van der Waals surface area (Å²) in [4.78, 5) is 15.8. The van der Waals surface area contributed by atoms with E-state index in [4.69, 9.17) is 14.2 Å². The van der Waals surface area contributed by atoms with Crippen LogP contribution in [0.3, 0.4) is 0 Å². The van der Waals surface area contributed by atoms with Crippen LogP contribution in [0.4, 0.5) is 8.78 Å². The molecule has 38 heavy (non-hydrogen) atoms. The van der Waals surface area contributed by atoms with Gasteiger partial charge in [-0.1, -0.05) is 6.07 Å². The number of amides is 1. The summed E-state index contributed by atoms with van der Waals surface area (Å²) in [5, 5.41) is 14.9. The van der Waals surface area contributed by atoms with Crippen molar-refractivity contribution in [2.75, 3.05) is 47.1 Å². The summed E-state index contributed by atoms with van der Waals surface area (Å²) >= 11 is 0. The number of hydrogen-bond acceptors (Lipinski definition) is 6. The molecule has 2 atom stereocenters. The first kappa shape index (κ1) is 28.4. The summed E-state index contributed by atoms with van der Waals surface area (Å²) in [7, 11) is 3.29. The Balaban J connectivity index is 1.59. The molecule has 7 nitrogen and oxygen atoms in total. The SMILES string of the molecule is COCCCc1cc(CN(C(=O)C2CNCCC2(O)c2cc(F)cc(F)c2)C2CC2)cc(OCCOC)c1. The maximum Gasteiger partial charge on any atom is 0.230 e. The molecule has 208 valence electrons. The molecule has 1 aliphatic carbocycles. The summed E-state index contributed by atoms with van der Waals surface area (Å²) in [6.07, 6.45) is 3.59. The normalized spacial score (nSPS) is 21.3. The van der Waals surface area contributed by atoms with E-state index in [9.17, 15) is 18.7 Å². The molecular weight excluding hydrogens is 494 g/mol. The first-order valence-corrected chi connectivity index (χ1v) is 13.3. The minimum Gasteiger partial charge on any atom is -0.491 e. The van der Waals surface area contributed by atoms with Gasteiger partial charge in [0.1, 0.15) is 29.6 Å². The highest BCUT2D eigenvalue weighted by atomic mass is 19.1. The van der Waals surface area contributed by atoms with Crippen LogP contribution in [0.5, 0.6) is 5.75 Å². The largest absolute Gasteiger partial charge is 0.491 e. The van der Waals surface area contributed by atoms with Gasteiger partial charge in [-0.15, -0.1) is 0 Å². The Labute approximate surface area is 223 Å². The van der Waals surface area contributed by atoms with Crippen LogP contribution in [-0.2, 0) is 32.8 Å². The zero-order valence-corrected chi connectivity index (χ0v) is 22.2. The number of nitrogens with zero attached hydrogens (tertiary/aromatic N) is 1. The zero-order chi connectivity index (χ0) is 27.1. The molecule has 4 rings (SSSR count). The monoisotopic (exact) mass is 532 g/mol. The van der Waals surface area contributed by atoms with Gasteiger partial charge in [-0.2, -0.15) is 0 Å². The number of benzene rings is 2. The van der Waals surface area contributed by atoms with Gasteiger partial charge in [0, 0.05) is 46.0 Å². The topological polar surface area (TPSA) is 80.3 Å². The zero-order valence-electron chi connectivity index (χ0n) is 22.2. The lowest BCUT2D eigenvalue weighted by Crippen LogP contribution is -2.55. The summed E-state index contributed by atoms with van der Waals surface area (Å²) in [6, 6.07) is 9.10. The van der Waals surface area contributed by atoms with Gasteiger partial charge >= 0.3 is 0 Å². The maximum absolute atomic E-state index is 14.1. The van der Waals surface area contributed by atoms with Gasteiger partial charge < -0.3 is 29.5 Å². The van der Waals surface area contributed by atoms with Gasteiger partial charge in [-0.3, -0.25) is 4.79 Å². The number of piperidine rings is 1. The van der Waals surface area contributed by atoms with Crippen LogP contribution in [0.25, 0.3) is 0 Å². The third kappa shape index (κ3) is 7.08. The van der Waals surface area contributed by atoms with Crippen molar-refractivity contribution in [1.29, 1.82) is 0 Å². The second-order valence-corrected chi connectivity index (χ2v) is 10.2. The van der Waals surface area contributed by atoms with Gasteiger partial charge in [-0.05, 0) is 79.6 Å². The highest BCUT2D eigenvalue weighted by Crippen LogP contribution is 2.39. The van der Waals surface area contributed by atoms with E-state index in [-0.39, 0.29) is 30.5 Å². The molecule has 1 aliphatic heterocycles. The van der Waals surface area contributed by atoms with E-state index >= 15 is 0 Å². The lowest BCUT2D eigenvalue weighted by atomic mass is 9.75. The molecule has 2 aromatic carbocycles. The molecule has 2 unspecified atom stereocenters. The minimum atomic E-state index is -1.67. The van der Waals surface area contributed by atoms with Crippen molar-refractivity contribution in [3.05, 3.63) is 64.7 Å². The Morgan fingerprint density at radius 3 is 2.42 bits per heavy atom. The van der Waals surface area contributed by atoms with Crippen LogP contribution in [0.2, 0.25) is 0 Å². The number of carbonyl (C=O) groups is 1. The van der Waals surface area contributed by atoms with Crippen molar-refractivity contribution in [1.82, 2.24) is 10.2 Å². The van der Waals surface area contributed by atoms with Crippen LogP contribution in [0.15, 0.2) is 36.4 Å². The second kappa shape index (κ2) is 13.0. The number of halogens is 2. The van der Waals surface area contributed by atoms with E-state index in [1.54, 1.807) is 14.2 Å². The Morgan fingerprint density at radius 1 is 1.03 bits per heavy atom. The summed E-state index contributed by atoms with van der Waals surface area (Å²) < 4.78 is 44.4. The third-order valence-corrected chi connectivity index (χ3v) is 7.29. The van der Waals surface area contributed by atoms with Crippen molar-refractivity contribution in [2.45, 2.75) is 50.3 Å². The van der Waals surface area contributed by atoms with Crippen molar-refractivity contribution in [3.8, 4) is 5.75 Å². The molecule has 1 amide bonds. The van der Waals surface area contributed by atoms with Gasteiger partial charge in [0.25, 0.3) is 0 Å². The predicted molar refractivity (Wildman–Crippen MR) is 139 cm³/mol. The van der Waals surface area contributed by atoms with Crippen LogP contribution < -0.4 is 10.1 Å². The highest BCUT2D eigenvalue weighted by molar-refractivity contribution is 5.81. The van der Waals surface area contributed by atoms with Gasteiger partial charge in [0.05, 0.1) is 12.5 Å². The van der Waals surface area contributed by atoms with Gasteiger partial charge in [0.15, 0.2) is 0 Å². The molecule has 0 bridgehead atoms. The Hall–Kier alpha value is -2.59. The molecular formula is C29H38F2N2O5. The predicted octanol–water partition coefficient (Wildman–Crippen LogP) is 3.56. The van der Waals surface area contributed by atoms with E-state index in [0.29, 0.717) is 38.7 Å². The lowest BCUT2D eigenvalue weighted by molar-refractivity contribution is -0.150. The Bertz CT molecular complexity index is 1050. The van der Waals surface area contributed by atoms with Crippen LogP contribution in [0.1, 0.15) is 42.4 Å². The first-order valence-electron chi connectivity index (χ1n) is 13.3. The molecule has 1 saturated heterocycles. The standard InChI is InChI=1S/C29H38F2N2O5/c1-36-9-3-4-20-12-21(14-26(13-20)38-11-10-37-2)19-33(25-5-6-25)28(34)27-18-32-8-7-29(27,35)22-15-23(30)17-24(31)16-22/h12-17,25,27,32,35H,3-11,18-19H2,1-2H3. The second-order valence-electron chi connectivity index (χ2n) is 10.2. The fraction of sp³-hybridized carbons (Fsp3) is 0.552. The highest BCUT2D eigenvalue weighted by Gasteiger charge is 2.48. The average Bonchev–Trinajstić information content (AvgIpc) is 3.72. The number of aliphatic hydroxyl groups is 1. The molecule has 2 aromatic rings. The molecule has 1 saturated carbocycles. The fourth-order valence-corrected chi connectivity index (χ4v) is 5.19. The van der Waals surface area contributed by atoms with Crippen LogP contribution in [0, 0.1) is 17.6 Å². The fourth-order valence-electron chi connectivity index (χ4n) is 5.19. The molecule has 2 N–H and O–H groups in total.